The van der Waals surface area contributed by atoms with E-state index in [0.29, 0.717) is 11.4 Å². The summed E-state index contributed by atoms with van der Waals surface area (Å²) in [7, 11) is -3.56. The summed E-state index contributed by atoms with van der Waals surface area (Å²) in [4.78, 5) is 0.304. The molecule has 0 radical (unpaired) electrons. The molecule has 0 spiro atoms. The summed E-state index contributed by atoms with van der Waals surface area (Å²) in [6.07, 6.45) is 0. The fourth-order valence-corrected chi connectivity index (χ4v) is 5.04. The number of sulfonamides is 1. The minimum Gasteiger partial charge on any atom is -0.210 e. The third-order valence-corrected chi connectivity index (χ3v) is 7.17. The molecule has 0 amide bonds. The van der Waals surface area contributed by atoms with Crippen molar-refractivity contribution in [2.75, 3.05) is 6.54 Å². The molecule has 4 rings (SSSR count). The average molecular weight is 406 g/mol. The Hall–Kier alpha value is -2.43. The van der Waals surface area contributed by atoms with E-state index in [1.807, 2.05) is 31.2 Å². The third-order valence-electron chi connectivity index (χ3n) is 5.73. The first-order chi connectivity index (χ1) is 13.7. The van der Waals surface area contributed by atoms with Crippen molar-refractivity contribution in [1.82, 2.24) is 4.72 Å². The van der Waals surface area contributed by atoms with Gasteiger partial charge in [-0.05, 0) is 52.3 Å². The lowest BCUT2D eigenvalue weighted by molar-refractivity contribution is 0.576. The standard InChI is InChI=1S/C25H27NO2S/c1-17-9-12-19(13-10-17)29(27,28)26-16-24-21-8-6-5-7-20(21)22-14-11-18(15-23(22)24)25(2,3)4/h5-15,24,26H,16H2,1-4H3. The Morgan fingerprint density at radius 3 is 2.21 bits per heavy atom. The second-order valence-electron chi connectivity index (χ2n) is 8.86. The van der Waals surface area contributed by atoms with Crippen LogP contribution in [0, 0.1) is 6.92 Å². The highest BCUT2D eigenvalue weighted by Gasteiger charge is 2.31. The van der Waals surface area contributed by atoms with Crippen LogP contribution in [0.5, 0.6) is 0 Å². The van der Waals surface area contributed by atoms with Gasteiger partial charge in [-0.3, -0.25) is 0 Å². The Bertz CT molecular complexity index is 1160. The van der Waals surface area contributed by atoms with Crippen LogP contribution in [0.4, 0.5) is 0 Å². The van der Waals surface area contributed by atoms with E-state index in [0.717, 1.165) is 5.56 Å². The van der Waals surface area contributed by atoms with Gasteiger partial charge in [-0.25, -0.2) is 13.1 Å². The van der Waals surface area contributed by atoms with E-state index in [2.05, 4.69) is 55.8 Å². The topological polar surface area (TPSA) is 46.2 Å². The maximum Gasteiger partial charge on any atom is 0.240 e. The van der Waals surface area contributed by atoms with Gasteiger partial charge in [0.1, 0.15) is 0 Å². The minimum absolute atomic E-state index is 0.00345. The molecule has 0 aliphatic heterocycles. The number of hydrogen-bond donors (Lipinski definition) is 1. The molecule has 0 saturated heterocycles. The molecule has 0 heterocycles. The summed E-state index contributed by atoms with van der Waals surface area (Å²) in [6.45, 7) is 8.89. The summed E-state index contributed by atoms with van der Waals surface area (Å²) in [5.41, 5.74) is 7.12. The molecular formula is C25H27NO2S. The smallest absolute Gasteiger partial charge is 0.210 e. The van der Waals surface area contributed by atoms with E-state index < -0.39 is 10.0 Å². The van der Waals surface area contributed by atoms with Crippen LogP contribution in [0.25, 0.3) is 11.1 Å². The van der Waals surface area contributed by atoms with E-state index in [1.54, 1.807) is 12.1 Å². The zero-order valence-corrected chi connectivity index (χ0v) is 18.2. The molecule has 150 valence electrons. The van der Waals surface area contributed by atoms with Gasteiger partial charge in [-0.2, -0.15) is 0 Å². The Morgan fingerprint density at radius 1 is 0.862 bits per heavy atom. The minimum atomic E-state index is -3.56. The molecule has 0 saturated carbocycles. The van der Waals surface area contributed by atoms with Crippen molar-refractivity contribution >= 4 is 10.0 Å². The Kier molecular flexibility index (Phi) is 4.88. The van der Waals surface area contributed by atoms with Crippen molar-refractivity contribution in [3.63, 3.8) is 0 Å². The van der Waals surface area contributed by atoms with E-state index in [4.69, 9.17) is 0 Å². The SMILES string of the molecule is Cc1ccc(S(=O)(=O)NCC2c3ccccc3-c3ccc(C(C)(C)C)cc32)cc1. The van der Waals surface area contributed by atoms with Gasteiger partial charge in [0.05, 0.1) is 4.90 Å². The van der Waals surface area contributed by atoms with Gasteiger partial charge in [0.2, 0.25) is 10.0 Å². The summed E-state index contributed by atoms with van der Waals surface area (Å²) < 4.78 is 28.5. The molecule has 1 aliphatic carbocycles. The summed E-state index contributed by atoms with van der Waals surface area (Å²) in [5.74, 6) is 0.00345. The van der Waals surface area contributed by atoms with Crippen molar-refractivity contribution in [2.45, 2.75) is 43.9 Å². The second kappa shape index (κ2) is 7.12. The molecule has 1 N–H and O–H groups in total. The van der Waals surface area contributed by atoms with Gasteiger partial charge in [0.25, 0.3) is 0 Å². The van der Waals surface area contributed by atoms with Crippen LogP contribution in [-0.2, 0) is 15.4 Å². The number of aryl methyl sites for hydroxylation is 1. The Balaban J connectivity index is 1.69. The molecule has 3 aromatic carbocycles. The van der Waals surface area contributed by atoms with E-state index in [9.17, 15) is 8.42 Å². The molecule has 0 aromatic heterocycles. The number of hydrogen-bond acceptors (Lipinski definition) is 2. The average Bonchev–Trinajstić information content (AvgIpc) is 2.99. The second-order valence-corrected chi connectivity index (χ2v) is 10.6. The van der Waals surface area contributed by atoms with Gasteiger partial charge in [0, 0.05) is 12.5 Å². The molecule has 3 aromatic rings. The third kappa shape index (κ3) is 3.75. The van der Waals surface area contributed by atoms with Crippen LogP contribution in [0.2, 0.25) is 0 Å². The molecule has 1 aliphatic rings. The maximum absolute atomic E-state index is 12.8. The highest BCUT2D eigenvalue weighted by Crippen LogP contribution is 2.45. The highest BCUT2D eigenvalue weighted by atomic mass is 32.2. The lowest BCUT2D eigenvalue weighted by Crippen LogP contribution is -2.28. The first kappa shape index (κ1) is 19.9. The molecule has 1 unspecified atom stereocenters. The summed E-state index contributed by atoms with van der Waals surface area (Å²) >= 11 is 0. The van der Waals surface area contributed by atoms with Crippen LogP contribution >= 0.6 is 0 Å². The first-order valence-corrected chi connectivity index (χ1v) is 11.5. The molecule has 0 bridgehead atoms. The van der Waals surface area contributed by atoms with Gasteiger partial charge in [0.15, 0.2) is 0 Å². The molecule has 3 nitrogen and oxygen atoms in total. The lowest BCUT2D eigenvalue weighted by Gasteiger charge is -2.22. The number of fused-ring (bicyclic) bond motifs is 3. The lowest BCUT2D eigenvalue weighted by atomic mass is 9.84. The maximum atomic E-state index is 12.8. The summed E-state index contributed by atoms with van der Waals surface area (Å²) in [6, 6.07) is 21.9. The quantitative estimate of drug-likeness (QED) is 0.633. The fraction of sp³-hybridized carbons (Fsp3) is 0.280. The van der Waals surface area contributed by atoms with E-state index in [-0.39, 0.29) is 11.3 Å². The van der Waals surface area contributed by atoms with Crippen molar-refractivity contribution < 1.29 is 8.42 Å². The largest absolute Gasteiger partial charge is 0.240 e. The van der Waals surface area contributed by atoms with Crippen LogP contribution in [-0.4, -0.2) is 15.0 Å². The zero-order valence-electron chi connectivity index (χ0n) is 17.4. The van der Waals surface area contributed by atoms with Crippen LogP contribution in [0.3, 0.4) is 0 Å². The van der Waals surface area contributed by atoms with Crippen molar-refractivity contribution in [3.05, 3.63) is 89.0 Å². The molecule has 1 atom stereocenters. The van der Waals surface area contributed by atoms with Crippen molar-refractivity contribution in [2.24, 2.45) is 0 Å². The summed E-state index contributed by atoms with van der Waals surface area (Å²) in [5, 5.41) is 0. The van der Waals surface area contributed by atoms with Crippen LogP contribution in [0.15, 0.2) is 71.6 Å². The molecule has 29 heavy (non-hydrogen) atoms. The monoisotopic (exact) mass is 405 g/mol. The van der Waals surface area contributed by atoms with E-state index >= 15 is 0 Å². The normalized spacial score (nSPS) is 15.8. The number of nitrogens with one attached hydrogen (secondary N) is 1. The number of benzene rings is 3. The zero-order chi connectivity index (χ0) is 20.8. The Morgan fingerprint density at radius 2 is 1.52 bits per heavy atom. The predicted octanol–water partition coefficient (Wildman–Crippen LogP) is 5.38. The molecular weight excluding hydrogens is 378 g/mol. The first-order valence-electron chi connectivity index (χ1n) is 9.97. The predicted molar refractivity (Wildman–Crippen MR) is 119 cm³/mol. The van der Waals surface area contributed by atoms with Gasteiger partial charge < -0.3 is 0 Å². The number of rotatable bonds is 4. The van der Waals surface area contributed by atoms with Crippen LogP contribution in [0.1, 0.15) is 48.9 Å². The highest BCUT2D eigenvalue weighted by molar-refractivity contribution is 7.89. The van der Waals surface area contributed by atoms with Gasteiger partial charge in [-0.15, -0.1) is 0 Å². The van der Waals surface area contributed by atoms with Crippen molar-refractivity contribution in [1.29, 1.82) is 0 Å². The van der Waals surface area contributed by atoms with Crippen LogP contribution < -0.4 is 4.72 Å². The molecule has 4 heteroatoms. The molecule has 0 fully saturated rings. The van der Waals surface area contributed by atoms with Crippen molar-refractivity contribution in [3.8, 4) is 11.1 Å². The fourth-order valence-electron chi connectivity index (χ4n) is 3.99. The van der Waals surface area contributed by atoms with Gasteiger partial charge >= 0.3 is 0 Å². The van der Waals surface area contributed by atoms with E-state index in [1.165, 1.54) is 27.8 Å². The van der Waals surface area contributed by atoms with Gasteiger partial charge in [-0.1, -0.05) is 80.9 Å². The Labute approximate surface area is 173 Å².